The van der Waals surface area contributed by atoms with E-state index in [0.29, 0.717) is 17.9 Å². The van der Waals surface area contributed by atoms with Gasteiger partial charge in [-0.05, 0) is 43.3 Å². The molecule has 2 aromatic carbocycles. The van der Waals surface area contributed by atoms with Crippen LogP contribution in [0.15, 0.2) is 76.1 Å². The number of aliphatic imine (C=N–C) groups is 1. The molecule has 4 nitrogen and oxygen atoms in total. The molecule has 0 bridgehead atoms. The van der Waals surface area contributed by atoms with Crippen LogP contribution in [0.5, 0.6) is 0 Å². The molecule has 1 aromatic heterocycles. The van der Waals surface area contributed by atoms with Gasteiger partial charge in [-0.15, -0.1) is 0 Å². The largest absolute Gasteiger partial charge is 0.462 e. The second-order valence-electron chi connectivity index (χ2n) is 5.09. The van der Waals surface area contributed by atoms with Crippen molar-refractivity contribution in [3.05, 3.63) is 78.1 Å². The van der Waals surface area contributed by atoms with Crippen molar-refractivity contribution in [3.63, 3.8) is 0 Å². The van der Waals surface area contributed by atoms with Crippen LogP contribution in [0.25, 0.3) is 11.3 Å². The van der Waals surface area contributed by atoms with Crippen LogP contribution in [-0.4, -0.2) is 18.8 Å². The van der Waals surface area contributed by atoms with Crippen LogP contribution >= 0.6 is 0 Å². The van der Waals surface area contributed by atoms with Gasteiger partial charge in [0.05, 0.1) is 24.1 Å². The van der Waals surface area contributed by atoms with Crippen LogP contribution in [-0.2, 0) is 4.74 Å². The third-order valence-corrected chi connectivity index (χ3v) is 3.40. The fraction of sp³-hybridized carbons (Fsp3) is 0.100. The smallest absolute Gasteiger partial charge is 0.338 e. The van der Waals surface area contributed by atoms with Crippen LogP contribution in [0.2, 0.25) is 0 Å². The van der Waals surface area contributed by atoms with Crippen LogP contribution in [0.3, 0.4) is 0 Å². The quantitative estimate of drug-likeness (QED) is 0.498. The SMILES string of the molecule is CCOC(=O)c1ccc(-c2ccc(C=Nc3ccccc3)o2)cc1. The molecular formula is C20H17NO3. The van der Waals surface area contributed by atoms with E-state index >= 15 is 0 Å². The Hall–Kier alpha value is -3.14. The van der Waals surface area contributed by atoms with Crippen LogP contribution in [0.4, 0.5) is 5.69 Å². The zero-order chi connectivity index (χ0) is 16.8. The maximum Gasteiger partial charge on any atom is 0.338 e. The van der Waals surface area contributed by atoms with Gasteiger partial charge in [-0.1, -0.05) is 30.3 Å². The highest BCUT2D eigenvalue weighted by Gasteiger charge is 2.08. The molecule has 0 radical (unpaired) electrons. The van der Waals surface area contributed by atoms with Gasteiger partial charge < -0.3 is 9.15 Å². The second-order valence-corrected chi connectivity index (χ2v) is 5.09. The zero-order valence-corrected chi connectivity index (χ0v) is 13.3. The van der Waals surface area contributed by atoms with Gasteiger partial charge >= 0.3 is 5.97 Å². The molecule has 0 atom stereocenters. The number of carbonyl (C=O) groups is 1. The molecular weight excluding hydrogens is 302 g/mol. The number of benzene rings is 2. The van der Waals surface area contributed by atoms with Crippen molar-refractivity contribution in [1.29, 1.82) is 0 Å². The minimum absolute atomic E-state index is 0.320. The molecule has 3 rings (SSSR count). The highest BCUT2D eigenvalue weighted by atomic mass is 16.5. The van der Waals surface area contributed by atoms with E-state index in [-0.39, 0.29) is 5.97 Å². The maximum atomic E-state index is 11.7. The van der Waals surface area contributed by atoms with Gasteiger partial charge in [-0.2, -0.15) is 0 Å². The normalized spacial score (nSPS) is 10.9. The van der Waals surface area contributed by atoms with E-state index in [1.165, 1.54) is 0 Å². The number of nitrogens with zero attached hydrogens (tertiary/aromatic N) is 1. The third kappa shape index (κ3) is 3.79. The fourth-order valence-corrected chi connectivity index (χ4v) is 2.21. The summed E-state index contributed by atoms with van der Waals surface area (Å²) in [6.45, 7) is 2.15. The Morgan fingerprint density at radius 1 is 1.04 bits per heavy atom. The Balaban J connectivity index is 1.73. The van der Waals surface area contributed by atoms with E-state index in [9.17, 15) is 4.79 Å². The number of hydrogen-bond acceptors (Lipinski definition) is 4. The van der Waals surface area contributed by atoms with Crippen molar-refractivity contribution < 1.29 is 13.9 Å². The molecule has 0 unspecified atom stereocenters. The van der Waals surface area contributed by atoms with Crippen molar-refractivity contribution in [3.8, 4) is 11.3 Å². The lowest BCUT2D eigenvalue weighted by Gasteiger charge is -2.02. The summed E-state index contributed by atoms with van der Waals surface area (Å²) in [6.07, 6.45) is 1.69. The fourth-order valence-electron chi connectivity index (χ4n) is 2.21. The van der Waals surface area contributed by atoms with Crippen molar-refractivity contribution in [2.24, 2.45) is 4.99 Å². The van der Waals surface area contributed by atoms with Crippen molar-refractivity contribution in [2.75, 3.05) is 6.61 Å². The molecule has 0 aliphatic heterocycles. The minimum atomic E-state index is -0.320. The summed E-state index contributed by atoms with van der Waals surface area (Å²) < 4.78 is 10.7. The average Bonchev–Trinajstić information content (AvgIpc) is 3.10. The van der Waals surface area contributed by atoms with E-state index in [4.69, 9.17) is 9.15 Å². The summed E-state index contributed by atoms with van der Waals surface area (Å²) in [5.41, 5.74) is 2.29. The van der Waals surface area contributed by atoms with Gasteiger partial charge in [-0.25, -0.2) is 4.79 Å². The molecule has 3 aromatic rings. The molecule has 0 aliphatic rings. The van der Waals surface area contributed by atoms with Crippen molar-refractivity contribution in [1.82, 2.24) is 0 Å². The summed E-state index contributed by atoms with van der Waals surface area (Å²) in [4.78, 5) is 16.0. The van der Waals surface area contributed by atoms with Gasteiger partial charge in [0.25, 0.3) is 0 Å². The second kappa shape index (κ2) is 7.42. The molecule has 24 heavy (non-hydrogen) atoms. The first kappa shape index (κ1) is 15.7. The summed E-state index contributed by atoms with van der Waals surface area (Å²) >= 11 is 0. The molecule has 0 spiro atoms. The predicted octanol–water partition coefficient (Wildman–Crippen LogP) is 4.87. The minimum Gasteiger partial charge on any atom is -0.462 e. The number of esters is 1. The lowest BCUT2D eigenvalue weighted by Crippen LogP contribution is -2.03. The first-order valence-corrected chi connectivity index (χ1v) is 7.73. The first-order chi connectivity index (χ1) is 11.8. The molecule has 0 N–H and O–H groups in total. The molecule has 0 amide bonds. The molecule has 4 heteroatoms. The Morgan fingerprint density at radius 2 is 1.79 bits per heavy atom. The summed E-state index contributed by atoms with van der Waals surface area (Å²) in [7, 11) is 0. The standard InChI is InChI=1S/C20H17NO3/c1-2-23-20(22)16-10-8-15(9-11-16)19-13-12-18(24-19)14-21-17-6-4-3-5-7-17/h3-14H,2H2,1H3. The Morgan fingerprint density at radius 3 is 2.50 bits per heavy atom. The van der Waals surface area contributed by atoms with E-state index in [2.05, 4.69) is 4.99 Å². The monoisotopic (exact) mass is 319 g/mol. The Labute approximate surface area is 140 Å². The summed E-state index contributed by atoms with van der Waals surface area (Å²) in [6, 6.07) is 20.5. The summed E-state index contributed by atoms with van der Waals surface area (Å²) in [5.74, 6) is 1.07. The van der Waals surface area contributed by atoms with Crippen LogP contribution in [0, 0.1) is 0 Å². The highest BCUT2D eigenvalue weighted by molar-refractivity contribution is 5.90. The Bertz CT molecular complexity index is 833. The number of carbonyl (C=O) groups excluding carboxylic acids is 1. The third-order valence-electron chi connectivity index (χ3n) is 3.40. The molecule has 120 valence electrons. The number of rotatable bonds is 5. The molecule has 0 saturated heterocycles. The first-order valence-electron chi connectivity index (χ1n) is 7.73. The van der Waals surface area contributed by atoms with Crippen LogP contribution in [0.1, 0.15) is 23.0 Å². The predicted molar refractivity (Wildman–Crippen MR) is 93.8 cm³/mol. The van der Waals surface area contributed by atoms with Gasteiger partial charge in [0.15, 0.2) is 0 Å². The summed E-state index contributed by atoms with van der Waals surface area (Å²) in [5, 5.41) is 0. The molecule has 0 saturated carbocycles. The topological polar surface area (TPSA) is 51.8 Å². The molecule has 0 aliphatic carbocycles. The average molecular weight is 319 g/mol. The zero-order valence-electron chi connectivity index (χ0n) is 13.3. The number of para-hydroxylation sites is 1. The lowest BCUT2D eigenvalue weighted by molar-refractivity contribution is 0.0526. The van der Waals surface area contributed by atoms with E-state index in [1.807, 2.05) is 54.6 Å². The van der Waals surface area contributed by atoms with Crippen molar-refractivity contribution >= 4 is 17.9 Å². The van der Waals surface area contributed by atoms with Gasteiger partial charge in [0.1, 0.15) is 11.5 Å². The highest BCUT2D eigenvalue weighted by Crippen LogP contribution is 2.22. The maximum absolute atomic E-state index is 11.7. The van der Waals surface area contributed by atoms with Gasteiger partial charge in [-0.3, -0.25) is 4.99 Å². The Kier molecular flexibility index (Phi) is 4.87. The number of furan rings is 1. The van der Waals surface area contributed by atoms with Gasteiger partial charge in [0, 0.05) is 5.56 Å². The van der Waals surface area contributed by atoms with Crippen LogP contribution < -0.4 is 0 Å². The molecule has 1 heterocycles. The van der Waals surface area contributed by atoms with E-state index < -0.39 is 0 Å². The lowest BCUT2D eigenvalue weighted by atomic mass is 10.1. The molecule has 0 fully saturated rings. The number of hydrogen-bond donors (Lipinski definition) is 0. The van der Waals surface area contributed by atoms with Gasteiger partial charge in [0.2, 0.25) is 0 Å². The van der Waals surface area contributed by atoms with Crippen molar-refractivity contribution in [2.45, 2.75) is 6.92 Å². The van der Waals surface area contributed by atoms with E-state index in [0.717, 1.165) is 17.0 Å². The van der Waals surface area contributed by atoms with E-state index in [1.54, 1.807) is 25.3 Å². The number of ether oxygens (including phenoxy) is 1.